The van der Waals surface area contributed by atoms with Crippen molar-refractivity contribution in [3.8, 4) is 5.75 Å². The number of methoxy groups -OCH3 is 1. The van der Waals surface area contributed by atoms with E-state index in [-0.39, 0.29) is 11.8 Å². The van der Waals surface area contributed by atoms with E-state index in [0.717, 1.165) is 11.1 Å². The third-order valence-corrected chi connectivity index (χ3v) is 5.65. The average molecular weight is 469 g/mol. The van der Waals surface area contributed by atoms with Crippen molar-refractivity contribution >= 4 is 41.2 Å². The summed E-state index contributed by atoms with van der Waals surface area (Å²) in [5.74, 6) is -0.0416. The molecular weight excluding hydrogens is 449 g/mol. The Hall–Kier alpha value is -3.35. The summed E-state index contributed by atoms with van der Waals surface area (Å²) in [6.45, 7) is 0. The first kappa shape index (κ1) is 21.9. The number of benzene rings is 3. The Morgan fingerprint density at radius 3 is 2.16 bits per heavy atom. The Labute approximate surface area is 195 Å². The van der Waals surface area contributed by atoms with Crippen molar-refractivity contribution in [3.05, 3.63) is 99.5 Å². The lowest BCUT2D eigenvalue weighted by Gasteiger charge is -2.15. The van der Waals surface area contributed by atoms with E-state index in [1.165, 1.54) is 0 Å². The van der Waals surface area contributed by atoms with E-state index < -0.39 is 12.1 Å². The van der Waals surface area contributed by atoms with Gasteiger partial charge in [-0.25, -0.2) is 0 Å². The molecule has 0 unspecified atom stereocenters. The van der Waals surface area contributed by atoms with Gasteiger partial charge in [0.25, 0.3) is 5.91 Å². The number of hydrazone groups is 1. The van der Waals surface area contributed by atoms with Gasteiger partial charge >= 0.3 is 5.91 Å². The quantitative estimate of drug-likeness (QED) is 0.555. The predicted octanol–water partition coefficient (Wildman–Crippen LogP) is 4.02. The molecule has 8 heteroatoms. The summed E-state index contributed by atoms with van der Waals surface area (Å²) < 4.78 is 6.82. The Morgan fingerprint density at radius 1 is 0.969 bits per heavy atom. The molecule has 4 rings (SSSR count). The fourth-order valence-corrected chi connectivity index (χ4v) is 3.77. The van der Waals surface area contributed by atoms with E-state index in [1.807, 2.05) is 24.3 Å². The second-order valence-electron chi connectivity index (χ2n) is 7.24. The summed E-state index contributed by atoms with van der Waals surface area (Å²) in [6, 6.07) is 19.8. The molecule has 3 aromatic carbocycles. The molecule has 1 saturated heterocycles. The molecule has 1 heterocycles. The summed E-state index contributed by atoms with van der Waals surface area (Å²) in [5, 5.41) is 4.06. The monoisotopic (exact) mass is 468 g/mol. The highest BCUT2D eigenvalue weighted by Crippen LogP contribution is 2.27. The fraction of sp³-hybridized carbons (Fsp3) is 0.125. The lowest BCUT2D eigenvalue weighted by atomic mass is 9.99. The molecule has 0 saturated carbocycles. The van der Waals surface area contributed by atoms with Gasteiger partial charge in [0.2, 0.25) is 12.3 Å². The minimum Gasteiger partial charge on any atom is -0.497 e. The van der Waals surface area contributed by atoms with E-state index in [0.29, 0.717) is 21.4 Å². The van der Waals surface area contributed by atoms with Crippen molar-refractivity contribution in [2.45, 2.75) is 12.1 Å². The minimum atomic E-state index is -0.825. The van der Waals surface area contributed by atoms with Gasteiger partial charge in [0.1, 0.15) is 5.75 Å². The molecule has 162 valence electrons. The van der Waals surface area contributed by atoms with Gasteiger partial charge in [-0.05, 0) is 60.7 Å². The first-order chi connectivity index (χ1) is 15.4. The first-order valence-electron chi connectivity index (χ1n) is 9.84. The fourth-order valence-electron chi connectivity index (χ4n) is 3.52. The van der Waals surface area contributed by atoms with E-state index in [2.05, 4.69) is 10.7 Å². The highest BCUT2D eigenvalue weighted by atomic mass is 35.5. The van der Waals surface area contributed by atoms with E-state index in [4.69, 9.17) is 27.9 Å². The molecule has 1 aliphatic heterocycles. The van der Waals surface area contributed by atoms with Crippen LogP contribution in [-0.4, -0.2) is 35.9 Å². The van der Waals surface area contributed by atoms with E-state index >= 15 is 0 Å². The van der Waals surface area contributed by atoms with Gasteiger partial charge in [-0.1, -0.05) is 35.3 Å². The lowest BCUT2D eigenvalue weighted by molar-refractivity contribution is -0.596. The Morgan fingerprint density at radius 2 is 1.56 bits per heavy atom. The Balaban J connectivity index is 1.67. The molecule has 3 aromatic rings. The van der Waals surface area contributed by atoms with Crippen molar-refractivity contribution in [3.63, 3.8) is 0 Å². The van der Waals surface area contributed by atoms with Gasteiger partial charge in [-0.15, -0.1) is 10.1 Å². The van der Waals surface area contributed by atoms with Crippen molar-refractivity contribution in [2.24, 2.45) is 0 Å². The van der Waals surface area contributed by atoms with E-state index in [1.54, 1.807) is 66.5 Å². The minimum absolute atomic E-state index is 0.322. The van der Waals surface area contributed by atoms with E-state index in [9.17, 15) is 9.59 Å². The van der Waals surface area contributed by atoms with Crippen LogP contribution in [0, 0.1) is 0 Å². The smallest absolute Gasteiger partial charge is 0.304 e. The summed E-state index contributed by atoms with van der Waals surface area (Å²) in [7, 11) is 1.56. The maximum Gasteiger partial charge on any atom is 0.304 e. The predicted molar refractivity (Wildman–Crippen MR) is 123 cm³/mol. The van der Waals surface area contributed by atoms with Gasteiger partial charge in [0.15, 0.2) is 6.04 Å². The van der Waals surface area contributed by atoms with Gasteiger partial charge in [-0.3, -0.25) is 9.59 Å². The molecular formula is C24H20Cl2N3O3+. The second kappa shape index (κ2) is 9.42. The molecule has 2 amide bonds. The van der Waals surface area contributed by atoms with Gasteiger partial charge < -0.3 is 10.1 Å². The number of nitrogens with zero attached hydrogens (tertiary/aromatic N) is 1. The third-order valence-electron chi connectivity index (χ3n) is 5.15. The Bertz CT molecular complexity index is 1160. The standard InChI is InChI=1S/C24H19Cl2N3O3/c1-32-20-12-6-17(7-13-20)23(30)27-21-22(16-4-10-19(26)11-5-16)29(28-24(21)31)14-15-2-8-18(25)9-3-15/h2-14,21-22H,1H3,(H-,27,28,30,31)/p+1/b29-14-/t21-,22-/m0/s1. The number of carbonyl (C=O) groups is 2. The highest BCUT2D eigenvalue weighted by Gasteiger charge is 2.47. The topological polar surface area (TPSA) is 70.4 Å². The number of nitrogens with one attached hydrogen (secondary N) is 2. The lowest BCUT2D eigenvalue weighted by Crippen LogP contribution is -2.42. The van der Waals surface area contributed by atoms with Gasteiger partial charge in [0, 0.05) is 26.7 Å². The number of hydrogen-bond acceptors (Lipinski definition) is 3. The third kappa shape index (κ3) is 4.77. The first-order valence-corrected chi connectivity index (χ1v) is 10.6. The van der Waals surface area contributed by atoms with Gasteiger partial charge in [-0.2, -0.15) is 0 Å². The number of hydrazine groups is 1. The van der Waals surface area contributed by atoms with Crippen molar-refractivity contribution in [1.29, 1.82) is 0 Å². The summed E-state index contributed by atoms with van der Waals surface area (Å²) in [5.41, 5.74) is 4.93. The molecule has 0 aromatic heterocycles. The summed E-state index contributed by atoms with van der Waals surface area (Å²) in [4.78, 5) is 25.8. The maximum atomic E-state index is 12.9. The zero-order valence-electron chi connectivity index (χ0n) is 17.1. The van der Waals surface area contributed by atoms with Crippen molar-refractivity contribution in [1.82, 2.24) is 10.7 Å². The van der Waals surface area contributed by atoms with Crippen LogP contribution in [-0.2, 0) is 4.79 Å². The largest absolute Gasteiger partial charge is 0.497 e. The maximum absolute atomic E-state index is 12.9. The van der Waals surface area contributed by atoms with Crippen LogP contribution >= 0.6 is 23.2 Å². The number of amides is 2. The van der Waals surface area contributed by atoms with Crippen molar-refractivity contribution in [2.75, 3.05) is 7.11 Å². The molecule has 0 radical (unpaired) electrons. The van der Waals surface area contributed by atoms with Crippen LogP contribution in [0.2, 0.25) is 10.0 Å². The summed E-state index contributed by atoms with van der Waals surface area (Å²) in [6.07, 6.45) is 1.80. The van der Waals surface area contributed by atoms with Crippen molar-refractivity contribution < 1.29 is 19.0 Å². The van der Waals surface area contributed by atoms with Crippen LogP contribution in [0.4, 0.5) is 0 Å². The average Bonchev–Trinajstić information content (AvgIpc) is 3.10. The zero-order chi connectivity index (χ0) is 22.7. The number of rotatable bonds is 5. The van der Waals surface area contributed by atoms with Crippen LogP contribution in [0.25, 0.3) is 0 Å². The second-order valence-corrected chi connectivity index (χ2v) is 8.11. The molecule has 1 fully saturated rings. The number of carbonyl (C=O) groups excluding carboxylic acids is 2. The summed E-state index contributed by atoms with van der Waals surface area (Å²) >= 11 is 12.0. The molecule has 2 N–H and O–H groups in total. The highest BCUT2D eigenvalue weighted by molar-refractivity contribution is 6.30. The van der Waals surface area contributed by atoms with Crippen LogP contribution in [0.15, 0.2) is 72.8 Å². The number of hydrogen-bond donors (Lipinski definition) is 2. The zero-order valence-corrected chi connectivity index (χ0v) is 18.6. The molecule has 1 aliphatic rings. The molecule has 2 atom stereocenters. The Kier molecular flexibility index (Phi) is 6.44. The number of ether oxygens (including phenoxy) is 1. The normalized spacial score (nSPS) is 19.0. The van der Waals surface area contributed by atoms with Crippen LogP contribution in [0.3, 0.4) is 0 Å². The molecule has 0 aliphatic carbocycles. The van der Waals surface area contributed by atoms with Gasteiger partial charge in [0.05, 0.1) is 7.11 Å². The molecule has 6 nitrogen and oxygen atoms in total. The number of halogens is 2. The molecule has 0 bridgehead atoms. The molecule has 0 spiro atoms. The van der Waals surface area contributed by atoms with Crippen LogP contribution in [0.5, 0.6) is 5.75 Å². The SMILES string of the molecule is COc1ccc(C(=O)N[C@@H]2C(=O)N/[N+](=C\c3ccc(Cl)cc3)[C@H]2c2ccc(Cl)cc2)cc1. The molecule has 32 heavy (non-hydrogen) atoms. The van der Waals surface area contributed by atoms with Crippen LogP contribution in [0.1, 0.15) is 27.5 Å². The van der Waals surface area contributed by atoms with Crippen LogP contribution < -0.4 is 15.5 Å².